The van der Waals surface area contributed by atoms with Crippen LogP contribution < -0.4 is 10.2 Å². The second-order valence-corrected chi connectivity index (χ2v) is 9.59. The number of piperidine rings is 1. The van der Waals surface area contributed by atoms with Crippen LogP contribution in [0.25, 0.3) is 22.0 Å². The minimum absolute atomic E-state index is 0.0497. The molecule has 0 aromatic carbocycles. The number of carbonyl (C=O) groups is 1. The fraction of sp³-hybridized carbons (Fsp3) is 0.346. The number of carbonyl (C=O) groups excluding carboxylic acids is 1. The Morgan fingerprint density at radius 1 is 1.03 bits per heavy atom. The monoisotopic (exact) mass is 453 g/mol. The number of aromatic nitrogens is 5. The van der Waals surface area contributed by atoms with Crippen LogP contribution >= 0.6 is 0 Å². The minimum Gasteiger partial charge on any atom is -0.357 e. The number of pyridine rings is 3. The number of rotatable bonds is 5. The van der Waals surface area contributed by atoms with Gasteiger partial charge in [-0.05, 0) is 47.9 Å². The van der Waals surface area contributed by atoms with Crippen molar-refractivity contribution in [3.05, 3.63) is 66.5 Å². The van der Waals surface area contributed by atoms with Crippen LogP contribution in [0.5, 0.6) is 0 Å². The van der Waals surface area contributed by atoms with Crippen LogP contribution in [0.3, 0.4) is 0 Å². The van der Waals surface area contributed by atoms with Crippen LogP contribution in [0.4, 0.5) is 5.82 Å². The molecule has 8 nitrogen and oxygen atoms in total. The van der Waals surface area contributed by atoms with Crippen molar-refractivity contribution in [2.45, 2.75) is 19.3 Å². The highest BCUT2D eigenvalue weighted by Crippen LogP contribution is 2.36. The standard InChI is InChI=1S/C26H27N7O/c1-32-15-21(14-31-32)23-9-19-8-22(29-12-20(19)13-30-23)11-24(34)18-2-5-28-25(10-18)33-6-3-26(4-7-33)16-27-17-26/h2,5,8-10,12-15,27H,3-4,6-7,11,16-17H2,1H3. The van der Waals surface area contributed by atoms with E-state index in [1.807, 2.05) is 37.6 Å². The fourth-order valence-corrected chi connectivity index (χ4v) is 4.97. The summed E-state index contributed by atoms with van der Waals surface area (Å²) in [6, 6.07) is 7.74. The molecule has 0 atom stereocenters. The predicted molar refractivity (Wildman–Crippen MR) is 131 cm³/mol. The first-order chi connectivity index (χ1) is 16.6. The lowest BCUT2D eigenvalue weighted by atomic mass is 9.73. The minimum atomic E-state index is 0.0497. The maximum Gasteiger partial charge on any atom is 0.169 e. The van der Waals surface area contributed by atoms with Gasteiger partial charge in [-0.1, -0.05) is 0 Å². The summed E-state index contributed by atoms with van der Waals surface area (Å²) in [6.07, 6.45) is 11.7. The van der Waals surface area contributed by atoms with Gasteiger partial charge < -0.3 is 10.2 Å². The van der Waals surface area contributed by atoms with E-state index in [4.69, 9.17) is 0 Å². The topological polar surface area (TPSA) is 88.8 Å². The first-order valence-corrected chi connectivity index (χ1v) is 11.8. The van der Waals surface area contributed by atoms with Gasteiger partial charge in [0.2, 0.25) is 0 Å². The molecule has 1 spiro atoms. The number of hydrogen-bond donors (Lipinski definition) is 1. The summed E-state index contributed by atoms with van der Waals surface area (Å²) in [5.74, 6) is 0.945. The molecule has 0 saturated carbocycles. The molecule has 172 valence electrons. The summed E-state index contributed by atoms with van der Waals surface area (Å²) in [4.78, 5) is 29.0. The largest absolute Gasteiger partial charge is 0.357 e. The first kappa shape index (κ1) is 20.9. The first-order valence-electron chi connectivity index (χ1n) is 11.8. The zero-order valence-corrected chi connectivity index (χ0v) is 19.2. The molecule has 0 unspecified atom stereocenters. The predicted octanol–water partition coefficient (Wildman–Crippen LogP) is 3.04. The van der Waals surface area contributed by atoms with Crippen LogP contribution in [0.2, 0.25) is 0 Å². The number of ketones is 1. The third-order valence-corrected chi connectivity index (χ3v) is 7.22. The molecule has 1 N–H and O–H groups in total. The van der Waals surface area contributed by atoms with Gasteiger partial charge in [-0.15, -0.1) is 0 Å². The van der Waals surface area contributed by atoms with Gasteiger partial charge in [0, 0.05) is 80.2 Å². The Hall–Kier alpha value is -3.65. The van der Waals surface area contributed by atoms with Crippen LogP contribution in [0.15, 0.2) is 55.2 Å². The van der Waals surface area contributed by atoms with Crippen LogP contribution in [0, 0.1) is 5.41 Å². The molecule has 0 radical (unpaired) electrons. The number of fused-ring (bicyclic) bond motifs is 1. The number of anilines is 1. The van der Waals surface area contributed by atoms with Gasteiger partial charge in [-0.3, -0.25) is 19.4 Å². The zero-order chi connectivity index (χ0) is 23.1. The van der Waals surface area contributed by atoms with Crippen LogP contribution in [-0.2, 0) is 13.5 Å². The van der Waals surface area contributed by atoms with Crippen LogP contribution in [0.1, 0.15) is 28.9 Å². The van der Waals surface area contributed by atoms with Gasteiger partial charge in [0.25, 0.3) is 0 Å². The molecular weight excluding hydrogens is 426 g/mol. The van der Waals surface area contributed by atoms with Gasteiger partial charge in [0.15, 0.2) is 5.78 Å². The average molecular weight is 454 g/mol. The quantitative estimate of drug-likeness (QED) is 0.465. The zero-order valence-electron chi connectivity index (χ0n) is 19.2. The maximum atomic E-state index is 13.1. The average Bonchev–Trinajstić information content (AvgIpc) is 3.29. The van der Waals surface area contributed by atoms with Crippen molar-refractivity contribution in [2.24, 2.45) is 12.5 Å². The molecule has 0 amide bonds. The summed E-state index contributed by atoms with van der Waals surface area (Å²) in [7, 11) is 1.89. The van der Waals surface area contributed by atoms with E-state index in [2.05, 4.69) is 30.3 Å². The van der Waals surface area contributed by atoms with Crippen molar-refractivity contribution in [1.29, 1.82) is 0 Å². The molecule has 6 heterocycles. The van der Waals surface area contributed by atoms with Gasteiger partial charge in [-0.25, -0.2) is 4.98 Å². The van der Waals surface area contributed by atoms with E-state index in [9.17, 15) is 4.79 Å². The molecule has 2 saturated heterocycles. The Morgan fingerprint density at radius 2 is 1.85 bits per heavy atom. The second kappa shape index (κ2) is 8.29. The normalized spacial score (nSPS) is 17.1. The Morgan fingerprint density at radius 3 is 2.59 bits per heavy atom. The lowest BCUT2D eigenvalue weighted by Crippen LogP contribution is -2.58. The number of hydrogen-bond acceptors (Lipinski definition) is 7. The molecule has 34 heavy (non-hydrogen) atoms. The van der Waals surface area contributed by atoms with Crippen LogP contribution in [-0.4, -0.2) is 56.7 Å². The number of Topliss-reactive ketones (excluding diaryl/α,β-unsaturated/α-hetero) is 1. The Bertz CT molecular complexity index is 1360. The highest BCUT2D eigenvalue weighted by atomic mass is 16.1. The van der Waals surface area contributed by atoms with Gasteiger partial charge in [-0.2, -0.15) is 5.10 Å². The Labute approximate surface area is 198 Å². The molecule has 0 aliphatic carbocycles. The molecule has 2 aliphatic heterocycles. The maximum absolute atomic E-state index is 13.1. The molecule has 2 aliphatic rings. The van der Waals surface area contributed by atoms with E-state index in [0.717, 1.165) is 59.7 Å². The van der Waals surface area contributed by atoms with E-state index >= 15 is 0 Å². The molecule has 6 rings (SSSR count). The summed E-state index contributed by atoms with van der Waals surface area (Å²) in [5.41, 5.74) is 3.72. The van der Waals surface area contributed by atoms with E-state index in [-0.39, 0.29) is 12.2 Å². The lowest BCUT2D eigenvalue weighted by molar-refractivity contribution is 0.0991. The van der Waals surface area contributed by atoms with E-state index in [1.54, 1.807) is 29.3 Å². The summed E-state index contributed by atoms with van der Waals surface area (Å²) >= 11 is 0. The summed E-state index contributed by atoms with van der Waals surface area (Å²) in [5, 5.41) is 9.58. The number of aryl methyl sites for hydroxylation is 1. The van der Waals surface area contributed by atoms with Crippen molar-refractivity contribution in [3.8, 4) is 11.3 Å². The summed E-state index contributed by atoms with van der Waals surface area (Å²) in [6.45, 7) is 4.24. The van der Waals surface area contributed by atoms with Crippen molar-refractivity contribution in [3.63, 3.8) is 0 Å². The summed E-state index contributed by atoms with van der Waals surface area (Å²) < 4.78 is 1.76. The number of nitrogens with zero attached hydrogens (tertiary/aromatic N) is 6. The Balaban J connectivity index is 1.19. The molecular formula is C26H27N7O. The van der Waals surface area contributed by atoms with Gasteiger partial charge >= 0.3 is 0 Å². The van der Waals surface area contributed by atoms with Crippen molar-refractivity contribution >= 4 is 22.4 Å². The van der Waals surface area contributed by atoms with E-state index in [0.29, 0.717) is 11.0 Å². The van der Waals surface area contributed by atoms with Gasteiger partial charge in [0.05, 0.1) is 18.3 Å². The van der Waals surface area contributed by atoms with Crippen molar-refractivity contribution in [1.82, 2.24) is 30.0 Å². The lowest BCUT2D eigenvalue weighted by Gasteiger charge is -2.48. The highest BCUT2D eigenvalue weighted by Gasteiger charge is 2.39. The second-order valence-electron chi connectivity index (χ2n) is 9.59. The fourth-order valence-electron chi connectivity index (χ4n) is 4.97. The highest BCUT2D eigenvalue weighted by molar-refractivity contribution is 5.98. The van der Waals surface area contributed by atoms with E-state index in [1.165, 1.54) is 12.8 Å². The molecule has 8 heteroatoms. The molecule has 2 fully saturated rings. The number of nitrogens with one attached hydrogen (secondary N) is 1. The molecule has 4 aromatic rings. The molecule has 0 bridgehead atoms. The Kier molecular flexibility index (Phi) is 5.10. The SMILES string of the molecule is Cn1cc(-c2cc3cc(CC(=O)c4ccnc(N5CCC6(CC5)CNC6)c4)ncc3cn2)cn1. The van der Waals surface area contributed by atoms with E-state index < -0.39 is 0 Å². The smallest absolute Gasteiger partial charge is 0.169 e. The third kappa shape index (κ3) is 3.94. The van der Waals surface area contributed by atoms with Crippen molar-refractivity contribution < 1.29 is 4.79 Å². The van der Waals surface area contributed by atoms with Gasteiger partial charge in [0.1, 0.15) is 5.82 Å². The van der Waals surface area contributed by atoms with Crippen molar-refractivity contribution in [2.75, 3.05) is 31.1 Å². The third-order valence-electron chi connectivity index (χ3n) is 7.22. The molecule has 4 aromatic heterocycles.